The van der Waals surface area contributed by atoms with E-state index in [1.165, 1.54) is 11.3 Å². The maximum atomic E-state index is 4.52. The summed E-state index contributed by atoms with van der Waals surface area (Å²) in [5.74, 6) is 0. The number of thiophene rings is 1. The monoisotopic (exact) mass is 290 g/mol. The van der Waals surface area contributed by atoms with E-state index in [9.17, 15) is 0 Å². The summed E-state index contributed by atoms with van der Waals surface area (Å²) in [4.78, 5) is 4.79. The van der Waals surface area contributed by atoms with Crippen molar-refractivity contribution in [3.8, 4) is 0 Å². The minimum absolute atomic E-state index is 0.495. The van der Waals surface area contributed by atoms with Crippen molar-refractivity contribution in [3.63, 3.8) is 0 Å². The molecule has 0 saturated heterocycles. The lowest BCUT2D eigenvalue weighted by Gasteiger charge is -2.34. The minimum atomic E-state index is 0.495. The molecular formula is C15H22N4S. The number of fused-ring (bicyclic) bond motifs is 1. The Bertz CT molecular complexity index is 532. The van der Waals surface area contributed by atoms with E-state index in [0.717, 1.165) is 32.6 Å². The molecular weight excluding hydrogens is 268 g/mol. The second-order valence-corrected chi connectivity index (χ2v) is 6.59. The van der Waals surface area contributed by atoms with Gasteiger partial charge in [0, 0.05) is 25.8 Å². The molecule has 4 nitrogen and oxygen atoms in total. The first-order chi connectivity index (χ1) is 9.72. The topological polar surface area (TPSA) is 24.3 Å². The van der Waals surface area contributed by atoms with Crippen LogP contribution in [0.3, 0.4) is 0 Å². The van der Waals surface area contributed by atoms with Gasteiger partial charge >= 0.3 is 0 Å². The highest BCUT2D eigenvalue weighted by Crippen LogP contribution is 2.24. The van der Waals surface area contributed by atoms with Crippen LogP contribution in [0.15, 0.2) is 29.1 Å². The highest BCUT2D eigenvalue weighted by atomic mass is 32.1. The molecule has 108 valence electrons. The number of aromatic nitrogens is 2. The van der Waals surface area contributed by atoms with E-state index in [1.807, 2.05) is 6.20 Å². The van der Waals surface area contributed by atoms with Gasteiger partial charge in [0.25, 0.3) is 0 Å². The van der Waals surface area contributed by atoms with Crippen LogP contribution in [0.1, 0.15) is 23.7 Å². The molecule has 0 spiro atoms. The molecule has 1 atom stereocenters. The molecule has 0 bridgehead atoms. The zero-order valence-electron chi connectivity index (χ0n) is 12.2. The van der Waals surface area contributed by atoms with Crippen LogP contribution in [0.4, 0.5) is 0 Å². The van der Waals surface area contributed by atoms with Crippen LogP contribution in [-0.2, 0) is 13.1 Å². The van der Waals surface area contributed by atoms with Crippen LogP contribution in [0.2, 0.25) is 0 Å². The van der Waals surface area contributed by atoms with Crippen molar-refractivity contribution in [1.82, 2.24) is 19.6 Å². The molecule has 0 N–H and O–H groups in total. The summed E-state index contributed by atoms with van der Waals surface area (Å²) in [6.07, 6.45) is 3.09. The summed E-state index contributed by atoms with van der Waals surface area (Å²) in [6, 6.07) is 4.88. The van der Waals surface area contributed by atoms with Gasteiger partial charge in [-0.25, -0.2) is 0 Å². The summed E-state index contributed by atoms with van der Waals surface area (Å²) < 4.78 is 2.23. The fraction of sp³-hybridized carbons (Fsp3) is 0.533. The molecule has 20 heavy (non-hydrogen) atoms. The van der Waals surface area contributed by atoms with Crippen molar-refractivity contribution in [2.24, 2.45) is 0 Å². The van der Waals surface area contributed by atoms with Gasteiger partial charge in [0.05, 0.1) is 11.7 Å². The summed E-state index contributed by atoms with van der Waals surface area (Å²) in [6.45, 7) is 4.26. The number of rotatable bonds is 5. The first-order valence-corrected chi connectivity index (χ1v) is 8.07. The maximum Gasteiger partial charge on any atom is 0.0662 e. The van der Waals surface area contributed by atoms with Crippen molar-refractivity contribution >= 4 is 11.3 Å². The molecule has 1 aliphatic rings. The quantitative estimate of drug-likeness (QED) is 0.845. The minimum Gasteiger partial charge on any atom is -0.309 e. The molecule has 1 aliphatic heterocycles. The third-order valence-corrected chi connectivity index (χ3v) is 4.58. The van der Waals surface area contributed by atoms with Gasteiger partial charge in [-0.3, -0.25) is 9.58 Å². The smallest absolute Gasteiger partial charge is 0.0662 e. The first kappa shape index (κ1) is 13.8. The van der Waals surface area contributed by atoms with E-state index >= 15 is 0 Å². The number of nitrogens with zero attached hydrogens (tertiary/aromatic N) is 4. The Morgan fingerprint density at radius 3 is 3.05 bits per heavy atom. The van der Waals surface area contributed by atoms with Gasteiger partial charge in [0.1, 0.15) is 0 Å². The van der Waals surface area contributed by atoms with Crippen molar-refractivity contribution < 1.29 is 0 Å². The highest BCUT2D eigenvalue weighted by Gasteiger charge is 2.25. The standard InChI is InChI=1S/C15H22N4S/c1-17(2)7-4-15-11-18(9-13-5-8-20-12-13)10-14-3-6-16-19(14)15/h3,5-6,8,12,15H,4,7,9-11H2,1-2H3. The van der Waals surface area contributed by atoms with E-state index in [0.29, 0.717) is 6.04 Å². The summed E-state index contributed by atoms with van der Waals surface area (Å²) in [7, 11) is 4.27. The van der Waals surface area contributed by atoms with Crippen molar-refractivity contribution in [2.75, 3.05) is 27.2 Å². The summed E-state index contributed by atoms with van der Waals surface area (Å²) in [5, 5.41) is 8.93. The van der Waals surface area contributed by atoms with Gasteiger partial charge in [-0.2, -0.15) is 16.4 Å². The van der Waals surface area contributed by atoms with Crippen LogP contribution in [-0.4, -0.2) is 46.8 Å². The molecule has 2 aromatic rings. The van der Waals surface area contributed by atoms with Crippen LogP contribution in [0.25, 0.3) is 0 Å². The van der Waals surface area contributed by atoms with Crippen LogP contribution in [0, 0.1) is 0 Å². The fourth-order valence-electron chi connectivity index (χ4n) is 2.85. The molecule has 1 unspecified atom stereocenters. The van der Waals surface area contributed by atoms with Crippen molar-refractivity contribution in [1.29, 1.82) is 0 Å². The maximum absolute atomic E-state index is 4.52. The number of hydrogen-bond acceptors (Lipinski definition) is 4. The molecule has 5 heteroatoms. The van der Waals surface area contributed by atoms with Gasteiger partial charge < -0.3 is 4.90 Å². The third kappa shape index (κ3) is 3.11. The second kappa shape index (κ2) is 6.08. The van der Waals surface area contributed by atoms with Gasteiger partial charge in [0.2, 0.25) is 0 Å². The van der Waals surface area contributed by atoms with E-state index in [1.54, 1.807) is 11.3 Å². The van der Waals surface area contributed by atoms with E-state index in [2.05, 4.69) is 56.6 Å². The fourth-order valence-corrected chi connectivity index (χ4v) is 3.51. The molecule has 0 radical (unpaired) electrons. The average molecular weight is 290 g/mol. The number of hydrogen-bond donors (Lipinski definition) is 0. The largest absolute Gasteiger partial charge is 0.309 e. The van der Waals surface area contributed by atoms with Crippen molar-refractivity contribution in [2.45, 2.75) is 25.6 Å². The van der Waals surface area contributed by atoms with E-state index in [4.69, 9.17) is 0 Å². The van der Waals surface area contributed by atoms with E-state index in [-0.39, 0.29) is 0 Å². The van der Waals surface area contributed by atoms with Gasteiger partial charge in [-0.1, -0.05) is 0 Å². The second-order valence-electron chi connectivity index (χ2n) is 5.81. The molecule has 3 heterocycles. The zero-order valence-corrected chi connectivity index (χ0v) is 13.0. The molecule has 0 fully saturated rings. The lowest BCUT2D eigenvalue weighted by molar-refractivity contribution is 0.155. The predicted molar refractivity (Wildman–Crippen MR) is 82.9 cm³/mol. The third-order valence-electron chi connectivity index (χ3n) is 3.85. The van der Waals surface area contributed by atoms with Gasteiger partial charge in [0.15, 0.2) is 0 Å². The Balaban J connectivity index is 1.70. The summed E-state index contributed by atoms with van der Waals surface area (Å²) >= 11 is 1.78. The Morgan fingerprint density at radius 2 is 2.30 bits per heavy atom. The van der Waals surface area contributed by atoms with E-state index < -0.39 is 0 Å². The Kier molecular flexibility index (Phi) is 4.19. The van der Waals surface area contributed by atoms with Gasteiger partial charge in [-0.15, -0.1) is 0 Å². The average Bonchev–Trinajstić information content (AvgIpc) is 3.06. The van der Waals surface area contributed by atoms with Crippen molar-refractivity contribution in [3.05, 3.63) is 40.3 Å². The zero-order chi connectivity index (χ0) is 13.9. The molecule has 0 saturated carbocycles. The predicted octanol–water partition coefficient (Wildman–Crippen LogP) is 2.45. The molecule has 0 aromatic carbocycles. The highest BCUT2D eigenvalue weighted by molar-refractivity contribution is 7.07. The van der Waals surface area contributed by atoms with Crippen LogP contribution >= 0.6 is 11.3 Å². The lowest BCUT2D eigenvalue weighted by atomic mass is 10.1. The Labute approximate surface area is 124 Å². The normalized spacial score (nSPS) is 19.4. The first-order valence-electron chi connectivity index (χ1n) is 7.13. The Hall–Kier alpha value is -1.17. The van der Waals surface area contributed by atoms with Gasteiger partial charge in [-0.05, 0) is 55.5 Å². The molecule has 0 amide bonds. The lowest BCUT2D eigenvalue weighted by Crippen LogP contribution is -2.38. The SMILES string of the molecule is CN(C)CCC1CN(Cc2ccsc2)Cc2ccnn21. The molecule has 2 aromatic heterocycles. The molecule has 0 aliphatic carbocycles. The Morgan fingerprint density at radius 1 is 1.40 bits per heavy atom. The molecule has 3 rings (SSSR count). The summed E-state index contributed by atoms with van der Waals surface area (Å²) in [5.41, 5.74) is 2.77. The van der Waals surface area contributed by atoms with Crippen LogP contribution in [0.5, 0.6) is 0 Å². The van der Waals surface area contributed by atoms with Crippen LogP contribution < -0.4 is 0 Å².